The quantitative estimate of drug-likeness (QED) is 0.562. The zero-order valence-electron chi connectivity index (χ0n) is 9.77. The van der Waals surface area contributed by atoms with Gasteiger partial charge in [0.15, 0.2) is 6.29 Å². The molecule has 5 heteroatoms. The number of carbonyl (C=O) groups is 2. The predicted molar refractivity (Wildman–Crippen MR) is 58.3 cm³/mol. The minimum atomic E-state index is -0.452. The molecule has 16 heavy (non-hydrogen) atoms. The third-order valence-electron chi connectivity index (χ3n) is 2.35. The van der Waals surface area contributed by atoms with E-state index < -0.39 is 6.04 Å². The minimum Gasteiger partial charge on any atom is -0.464 e. The lowest BCUT2D eigenvalue weighted by molar-refractivity contribution is -0.147. The Morgan fingerprint density at radius 2 is 2.31 bits per heavy atom. The molecule has 0 amide bonds. The second-order valence-corrected chi connectivity index (χ2v) is 3.44. The van der Waals surface area contributed by atoms with Gasteiger partial charge >= 0.3 is 5.97 Å². The molecule has 1 rings (SSSR count). The van der Waals surface area contributed by atoms with E-state index in [1.54, 1.807) is 20.0 Å². The molecule has 1 unspecified atom stereocenters. The molecule has 0 aliphatic heterocycles. The van der Waals surface area contributed by atoms with E-state index in [4.69, 9.17) is 4.74 Å². The highest BCUT2D eigenvalue weighted by molar-refractivity contribution is 5.77. The van der Waals surface area contributed by atoms with Crippen molar-refractivity contribution in [3.63, 3.8) is 0 Å². The van der Waals surface area contributed by atoms with Gasteiger partial charge in [0.1, 0.15) is 6.04 Å². The maximum Gasteiger partial charge on any atom is 0.330 e. The number of hydrogen-bond donors (Lipinski definition) is 0. The highest BCUT2D eigenvalue weighted by Gasteiger charge is 2.21. The smallest absolute Gasteiger partial charge is 0.330 e. The summed E-state index contributed by atoms with van der Waals surface area (Å²) in [6.45, 7) is 5.71. The number of hydrogen-bond acceptors (Lipinski definition) is 4. The Morgan fingerprint density at radius 3 is 2.75 bits per heavy atom. The zero-order chi connectivity index (χ0) is 12.1. The maximum absolute atomic E-state index is 11.6. The topological polar surface area (TPSA) is 61.2 Å². The molecule has 0 aromatic carbocycles. The molecule has 1 heterocycles. The Bertz CT molecular complexity index is 385. The van der Waals surface area contributed by atoms with Gasteiger partial charge in [0.2, 0.25) is 0 Å². The van der Waals surface area contributed by atoms with E-state index in [2.05, 4.69) is 5.10 Å². The monoisotopic (exact) mass is 224 g/mol. The Labute approximate surface area is 94.4 Å². The van der Waals surface area contributed by atoms with E-state index in [-0.39, 0.29) is 5.97 Å². The van der Waals surface area contributed by atoms with Crippen molar-refractivity contribution in [3.05, 3.63) is 17.5 Å². The van der Waals surface area contributed by atoms with Crippen LogP contribution in [0.15, 0.2) is 6.20 Å². The summed E-state index contributed by atoms with van der Waals surface area (Å²) in [4.78, 5) is 22.3. The molecule has 0 bridgehead atoms. The van der Waals surface area contributed by atoms with Crippen LogP contribution in [0.3, 0.4) is 0 Å². The maximum atomic E-state index is 11.6. The Balaban J connectivity index is 2.94. The molecule has 0 saturated carbocycles. The lowest BCUT2D eigenvalue weighted by atomic mass is 10.2. The average Bonchev–Trinajstić information content (AvgIpc) is 2.61. The van der Waals surface area contributed by atoms with E-state index in [0.29, 0.717) is 24.3 Å². The third-order valence-corrected chi connectivity index (χ3v) is 2.35. The lowest BCUT2D eigenvalue weighted by Crippen LogP contribution is -2.21. The molecule has 0 fully saturated rings. The van der Waals surface area contributed by atoms with Gasteiger partial charge in [-0.3, -0.25) is 9.48 Å². The number of esters is 1. The van der Waals surface area contributed by atoms with Gasteiger partial charge in [-0.05, 0) is 20.3 Å². The van der Waals surface area contributed by atoms with Gasteiger partial charge < -0.3 is 4.74 Å². The van der Waals surface area contributed by atoms with Crippen molar-refractivity contribution in [3.8, 4) is 0 Å². The fourth-order valence-electron chi connectivity index (χ4n) is 1.47. The molecule has 0 radical (unpaired) electrons. The standard InChI is InChI=1S/C11H16N2O3/c1-4-10(11(15)16-5-2)13-6-9(7-14)8(3)12-13/h6-7,10H,4-5H2,1-3H3. The van der Waals surface area contributed by atoms with Crippen LogP contribution in [0, 0.1) is 6.92 Å². The summed E-state index contributed by atoms with van der Waals surface area (Å²) < 4.78 is 6.44. The zero-order valence-corrected chi connectivity index (χ0v) is 9.77. The molecule has 1 aromatic rings. The van der Waals surface area contributed by atoms with Gasteiger partial charge in [-0.25, -0.2) is 4.79 Å². The molecule has 0 N–H and O–H groups in total. The SMILES string of the molecule is CCOC(=O)C(CC)n1cc(C=O)c(C)n1. The van der Waals surface area contributed by atoms with Gasteiger partial charge in [-0.1, -0.05) is 6.92 Å². The van der Waals surface area contributed by atoms with Crippen molar-refractivity contribution < 1.29 is 14.3 Å². The van der Waals surface area contributed by atoms with Crippen LogP contribution in [0.5, 0.6) is 0 Å². The number of aldehydes is 1. The number of nitrogens with zero attached hydrogens (tertiary/aromatic N) is 2. The van der Waals surface area contributed by atoms with E-state index in [1.807, 2.05) is 6.92 Å². The summed E-state index contributed by atoms with van der Waals surface area (Å²) in [5.41, 5.74) is 1.13. The van der Waals surface area contributed by atoms with Crippen LogP contribution >= 0.6 is 0 Å². The lowest BCUT2D eigenvalue weighted by Gasteiger charge is -2.13. The summed E-state index contributed by atoms with van der Waals surface area (Å²) in [6.07, 6.45) is 2.89. The summed E-state index contributed by atoms with van der Waals surface area (Å²) in [6, 6.07) is -0.452. The average molecular weight is 224 g/mol. The van der Waals surface area contributed by atoms with Crippen LogP contribution in [-0.4, -0.2) is 28.6 Å². The van der Waals surface area contributed by atoms with Crippen LogP contribution in [0.25, 0.3) is 0 Å². The fraction of sp³-hybridized carbons (Fsp3) is 0.545. The van der Waals surface area contributed by atoms with E-state index in [9.17, 15) is 9.59 Å². The molecule has 1 aromatic heterocycles. The van der Waals surface area contributed by atoms with Gasteiger partial charge in [-0.2, -0.15) is 5.10 Å². The van der Waals surface area contributed by atoms with Crippen molar-refractivity contribution >= 4 is 12.3 Å². The first kappa shape index (κ1) is 12.4. The number of ether oxygens (including phenoxy) is 1. The largest absolute Gasteiger partial charge is 0.464 e. The van der Waals surface area contributed by atoms with Crippen LogP contribution in [0.4, 0.5) is 0 Å². The first-order valence-electron chi connectivity index (χ1n) is 5.31. The van der Waals surface area contributed by atoms with E-state index in [1.165, 1.54) is 4.68 Å². The van der Waals surface area contributed by atoms with Crippen molar-refractivity contribution in [1.29, 1.82) is 0 Å². The number of rotatable bonds is 5. The highest BCUT2D eigenvalue weighted by atomic mass is 16.5. The molecule has 0 spiro atoms. The van der Waals surface area contributed by atoms with Gasteiger partial charge in [0, 0.05) is 6.20 Å². The van der Waals surface area contributed by atoms with Crippen molar-refractivity contribution in [2.45, 2.75) is 33.2 Å². The van der Waals surface area contributed by atoms with Gasteiger partial charge in [-0.15, -0.1) is 0 Å². The van der Waals surface area contributed by atoms with Crippen molar-refractivity contribution in [2.24, 2.45) is 0 Å². The first-order chi connectivity index (χ1) is 7.63. The highest BCUT2D eigenvalue weighted by Crippen LogP contribution is 2.14. The summed E-state index contributed by atoms with van der Waals surface area (Å²) in [5, 5.41) is 4.14. The summed E-state index contributed by atoms with van der Waals surface area (Å²) in [7, 11) is 0. The molecule has 0 saturated heterocycles. The van der Waals surface area contributed by atoms with Crippen LogP contribution < -0.4 is 0 Å². The Hall–Kier alpha value is -1.65. The van der Waals surface area contributed by atoms with E-state index in [0.717, 1.165) is 6.29 Å². The summed E-state index contributed by atoms with van der Waals surface area (Å²) >= 11 is 0. The predicted octanol–water partition coefficient (Wildman–Crippen LogP) is 1.52. The Kier molecular flexibility index (Phi) is 4.22. The van der Waals surface area contributed by atoms with Crippen LogP contribution in [-0.2, 0) is 9.53 Å². The summed E-state index contributed by atoms with van der Waals surface area (Å²) in [5.74, 6) is -0.315. The van der Waals surface area contributed by atoms with Gasteiger partial charge in [0.05, 0.1) is 17.9 Å². The second-order valence-electron chi connectivity index (χ2n) is 3.44. The van der Waals surface area contributed by atoms with E-state index >= 15 is 0 Å². The van der Waals surface area contributed by atoms with Crippen LogP contribution in [0.2, 0.25) is 0 Å². The molecule has 0 aliphatic rings. The number of aromatic nitrogens is 2. The molecule has 88 valence electrons. The van der Waals surface area contributed by atoms with Crippen molar-refractivity contribution in [1.82, 2.24) is 9.78 Å². The van der Waals surface area contributed by atoms with Crippen LogP contribution in [0.1, 0.15) is 42.4 Å². The molecule has 0 aliphatic carbocycles. The molecule has 1 atom stereocenters. The number of carbonyl (C=O) groups excluding carboxylic acids is 2. The number of aryl methyl sites for hydroxylation is 1. The minimum absolute atomic E-state index is 0.315. The fourth-order valence-corrected chi connectivity index (χ4v) is 1.47. The van der Waals surface area contributed by atoms with Gasteiger partial charge in [0.25, 0.3) is 0 Å². The normalized spacial score (nSPS) is 12.2. The molecular formula is C11H16N2O3. The molecular weight excluding hydrogens is 208 g/mol. The third kappa shape index (κ3) is 2.48. The van der Waals surface area contributed by atoms with Crippen molar-refractivity contribution in [2.75, 3.05) is 6.61 Å². The second kappa shape index (κ2) is 5.44. The molecule has 5 nitrogen and oxygen atoms in total. The Morgan fingerprint density at radius 1 is 1.62 bits per heavy atom. The first-order valence-corrected chi connectivity index (χ1v) is 5.31.